The van der Waals surface area contributed by atoms with Gasteiger partial charge in [-0.2, -0.15) is 0 Å². The molecule has 0 radical (unpaired) electrons. The number of carbonyl (C=O) groups excluding carboxylic acids is 1. The monoisotopic (exact) mass is 509 g/mol. The summed E-state index contributed by atoms with van der Waals surface area (Å²) in [5.74, 6) is 3.89. The van der Waals surface area contributed by atoms with E-state index in [2.05, 4.69) is 38.1 Å². The largest absolute Gasteiger partial charge is 0.444 e. The van der Waals surface area contributed by atoms with Gasteiger partial charge < -0.3 is 20.9 Å². The SMILES string of the molecule is CC(C)(O)C#Cc1nc([C@H](Cc2cc(F)cc(F)c2)NC(=O)OC(C)(C)C)c(Br)cc1N. The predicted molar refractivity (Wildman–Crippen MR) is 122 cm³/mol. The molecule has 0 saturated carbocycles. The molecule has 0 aliphatic rings. The van der Waals surface area contributed by atoms with Crippen molar-refractivity contribution < 1.29 is 23.4 Å². The fraction of sp³-hybridized carbons (Fsp3) is 0.391. The number of hydrogen-bond acceptors (Lipinski definition) is 5. The molecule has 32 heavy (non-hydrogen) atoms. The van der Waals surface area contributed by atoms with Gasteiger partial charge in [0.25, 0.3) is 0 Å². The van der Waals surface area contributed by atoms with E-state index in [4.69, 9.17) is 10.5 Å². The molecule has 1 aromatic heterocycles. The topological polar surface area (TPSA) is 97.5 Å². The molecule has 9 heteroatoms. The van der Waals surface area contributed by atoms with Crippen LogP contribution in [0.1, 0.15) is 57.6 Å². The minimum atomic E-state index is -1.27. The summed E-state index contributed by atoms with van der Waals surface area (Å²) in [6.45, 7) is 8.17. The minimum Gasteiger partial charge on any atom is -0.444 e. The van der Waals surface area contributed by atoms with Crippen LogP contribution < -0.4 is 11.1 Å². The van der Waals surface area contributed by atoms with Gasteiger partial charge in [-0.05, 0) is 86.7 Å². The zero-order chi connectivity index (χ0) is 24.3. The van der Waals surface area contributed by atoms with Crippen LogP contribution in [0.25, 0.3) is 0 Å². The summed E-state index contributed by atoms with van der Waals surface area (Å²) < 4.78 is 33.3. The van der Waals surface area contributed by atoms with Gasteiger partial charge in [0.05, 0.1) is 17.4 Å². The van der Waals surface area contributed by atoms with Crippen molar-refractivity contribution in [3.05, 3.63) is 57.3 Å². The van der Waals surface area contributed by atoms with Gasteiger partial charge in [0.2, 0.25) is 0 Å². The van der Waals surface area contributed by atoms with Gasteiger partial charge in [-0.25, -0.2) is 18.6 Å². The first-order valence-corrected chi connectivity index (χ1v) is 10.6. The zero-order valence-corrected chi connectivity index (χ0v) is 20.1. The van der Waals surface area contributed by atoms with E-state index in [1.54, 1.807) is 26.8 Å². The van der Waals surface area contributed by atoms with E-state index in [9.17, 15) is 18.7 Å². The van der Waals surface area contributed by atoms with Crippen LogP contribution in [0.5, 0.6) is 0 Å². The fourth-order valence-electron chi connectivity index (χ4n) is 2.70. The summed E-state index contributed by atoms with van der Waals surface area (Å²) in [7, 11) is 0. The highest BCUT2D eigenvalue weighted by atomic mass is 79.9. The number of nitrogens with one attached hydrogen (secondary N) is 1. The minimum absolute atomic E-state index is 0.0157. The predicted octanol–water partition coefficient (Wildman–Crippen LogP) is 4.64. The number of alkyl carbamates (subject to hydrolysis) is 1. The average Bonchev–Trinajstić information content (AvgIpc) is 2.57. The van der Waals surface area contributed by atoms with Crippen molar-refractivity contribution in [2.45, 2.75) is 58.3 Å². The Hall–Kier alpha value is -2.70. The molecular formula is C23H26BrF2N3O3. The van der Waals surface area contributed by atoms with Crippen molar-refractivity contribution in [1.29, 1.82) is 0 Å². The Balaban J connectivity index is 2.52. The van der Waals surface area contributed by atoms with Crippen LogP contribution in [0.2, 0.25) is 0 Å². The number of nitrogens with two attached hydrogens (primary N) is 1. The number of anilines is 1. The summed E-state index contributed by atoms with van der Waals surface area (Å²) >= 11 is 3.39. The molecule has 1 amide bonds. The fourth-order valence-corrected chi connectivity index (χ4v) is 3.32. The third-order valence-corrected chi connectivity index (χ3v) is 4.54. The number of benzene rings is 1. The van der Waals surface area contributed by atoms with Gasteiger partial charge in [0.15, 0.2) is 0 Å². The lowest BCUT2D eigenvalue weighted by molar-refractivity contribution is 0.0502. The van der Waals surface area contributed by atoms with Crippen molar-refractivity contribution in [3.8, 4) is 11.8 Å². The van der Waals surface area contributed by atoms with Crippen molar-refractivity contribution in [2.75, 3.05) is 5.73 Å². The van der Waals surface area contributed by atoms with Crippen LogP contribution in [0, 0.1) is 23.5 Å². The maximum absolute atomic E-state index is 13.7. The second-order valence-corrected chi connectivity index (χ2v) is 9.64. The number of carbonyl (C=O) groups is 1. The molecule has 0 saturated heterocycles. The summed E-state index contributed by atoms with van der Waals surface area (Å²) in [4.78, 5) is 16.9. The lowest BCUT2D eigenvalue weighted by atomic mass is 10.0. The molecule has 172 valence electrons. The number of aromatic nitrogens is 1. The first-order valence-electron chi connectivity index (χ1n) is 9.79. The van der Waals surface area contributed by atoms with E-state index < -0.39 is 35.0 Å². The molecule has 0 aliphatic carbocycles. The summed E-state index contributed by atoms with van der Waals surface area (Å²) in [6.07, 6.45) is -0.712. The van der Waals surface area contributed by atoms with Gasteiger partial charge >= 0.3 is 6.09 Å². The quantitative estimate of drug-likeness (QED) is 0.521. The lowest BCUT2D eigenvalue weighted by Gasteiger charge is -2.24. The maximum atomic E-state index is 13.7. The smallest absolute Gasteiger partial charge is 0.408 e. The van der Waals surface area contributed by atoms with Crippen molar-refractivity contribution in [1.82, 2.24) is 10.3 Å². The van der Waals surface area contributed by atoms with Crippen LogP contribution in [-0.2, 0) is 11.2 Å². The highest BCUT2D eigenvalue weighted by Gasteiger charge is 2.25. The maximum Gasteiger partial charge on any atom is 0.408 e. The molecular weight excluding hydrogens is 484 g/mol. The molecule has 2 rings (SSSR count). The highest BCUT2D eigenvalue weighted by Crippen LogP contribution is 2.29. The number of hydrogen-bond donors (Lipinski definition) is 3. The number of halogens is 3. The first kappa shape index (κ1) is 25.6. The number of rotatable bonds is 4. The Kier molecular flexibility index (Phi) is 7.86. The molecule has 0 aliphatic heterocycles. The van der Waals surface area contributed by atoms with E-state index in [1.807, 2.05) is 0 Å². The second kappa shape index (κ2) is 9.84. The average molecular weight is 510 g/mol. The van der Waals surface area contributed by atoms with E-state index in [1.165, 1.54) is 26.0 Å². The molecule has 1 aromatic carbocycles. The van der Waals surface area contributed by atoms with E-state index >= 15 is 0 Å². The van der Waals surface area contributed by atoms with Gasteiger partial charge in [0, 0.05) is 10.5 Å². The Morgan fingerprint density at radius 1 is 1.22 bits per heavy atom. The third kappa shape index (κ3) is 8.09. The Morgan fingerprint density at radius 3 is 2.34 bits per heavy atom. The molecule has 2 aromatic rings. The van der Waals surface area contributed by atoms with Crippen LogP contribution in [0.4, 0.5) is 19.3 Å². The van der Waals surface area contributed by atoms with Gasteiger partial charge in [-0.1, -0.05) is 5.92 Å². The zero-order valence-electron chi connectivity index (χ0n) is 18.5. The number of aliphatic hydroxyl groups is 1. The number of ether oxygens (including phenoxy) is 1. The second-order valence-electron chi connectivity index (χ2n) is 8.78. The van der Waals surface area contributed by atoms with Gasteiger partial charge in [-0.15, -0.1) is 0 Å². The van der Waals surface area contributed by atoms with Crippen LogP contribution in [-0.4, -0.2) is 27.4 Å². The van der Waals surface area contributed by atoms with Crippen LogP contribution in [0.3, 0.4) is 0 Å². The number of nitrogen functional groups attached to an aromatic ring is 1. The highest BCUT2D eigenvalue weighted by molar-refractivity contribution is 9.10. The summed E-state index contributed by atoms with van der Waals surface area (Å²) in [5.41, 5.74) is 5.06. The number of amides is 1. The molecule has 0 unspecified atom stereocenters. The first-order chi connectivity index (χ1) is 14.6. The Morgan fingerprint density at radius 2 is 1.81 bits per heavy atom. The number of pyridine rings is 1. The molecule has 0 fully saturated rings. The normalized spacial score (nSPS) is 12.5. The van der Waals surface area contributed by atoms with Crippen LogP contribution in [0.15, 0.2) is 28.7 Å². The van der Waals surface area contributed by atoms with Gasteiger partial charge in [-0.3, -0.25) is 0 Å². The Labute approximate surface area is 194 Å². The summed E-state index contributed by atoms with van der Waals surface area (Å²) in [6, 6.07) is 3.84. The molecule has 4 N–H and O–H groups in total. The third-order valence-electron chi connectivity index (χ3n) is 3.90. The van der Waals surface area contributed by atoms with Crippen molar-refractivity contribution >= 4 is 27.7 Å². The summed E-state index contributed by atoms with van der Waals surface area (Å²) in [5, 5.41) is 12.6. The lowest BCUT2D eigenvalue weighted by Crippen LogP contribution is -2.36. The standard InChI is InChI=1S/C23H26BrF2N3O3/c1-22(2,3)32-21(30)29-19(10-13-8-14(25)11-15(26)9-13)20-16(24)12-17(27)18(28-20)6-7-23(4,5)31/h8-9,11-12,19,31H,10,27H2,1-5H3,(H,29,30)/t19-/m0/s1. The molecule has 6 nitrogen and oxygen atoms in total. The van der Waals surface area contributed by atoms with E-state index in [0.29, 0.717) is 15.7 Å². The molecule has 0 bridgehead atoms. The Bertz CT molecular complexity index is 1050. The van der Waals surface area contributed by atoms with Crippen molar-refractivity contribution in [2.24, 2.45) is 0 Å². The molecule has 1 heterocycles. The van der Waals surface area contributed by atoms with E-state index in [-0.39, 0.29) is 17.8 Å². The van der Waals surface area contributed by atoms with Crippen LogP contribution >= 0.6 is 15.9 Å². The van der Waals surface area contributed by atoms with E-state index in [0.717, 1.165) is 6.07 Å². The molecule has 0 spiro atoms. The molecule has 1 atom stereocenters. The van der Waals surface area contributed by atoms with Crippen molar-refractivity contribution in [3.63, 3.8) is 0 Å². The van der Waals surface area contributed by atoms with Gasteiger partial charge in [0.1, 0.15) is 28.5 Å². The number of nitrogens with zero attached hydrogens (tertiary/aromatic N) is 1.